The summed E-state index contributed by atoms with van der Waals surface area (Å²) in [6.07, 6.45) is 0.160. The molecule has 4 aromatic rings. The SMILES string of the molecule is COc1ccccc1CC1CN(C(=O)OC(C)(C)C)CCN1C(=O)c1cc(C)n(-c2cccc(Br)c2)c1-c1ccccc1. The Morgan fingerprint density at radius 3 is 2.35 bits per heavy atom. The molecule has 7 nitrogen and oxygen atoms in total. The summed E-state index contributed by atoms with van der Waals surface area (Å²) in [5.74, 6) is 0.686. The molecule has 2 amide bonds. The van der Waals surface area contributed by atoms with Gasteiger partial charge in [-0.15, -0.1) is 0 Å². The number of rotatable bonds is 6. The highest BCUT2D eigenvalue weighted by atomic mass is 79.9. The van der Waals surface area contributed by atoms with Gasteiger partial charge in [-0.2, -0.15) is 0 Å². The number of hydrogen-bond acceptors (Lipinski definition) is 4. The molecule has 1 aromatic heterocycles. The van der Waals surface area contributed by atoms with Gasteiger partial charge >= 0.3 is 6.09 Å². The minimum atomic E-state index is -0.611. The predicted molar refractivity (Wildman–Crippen MR) is 173 cm³/mol. The van der Waals surface area contributed by atoms with Crippen molar-refractivity contribution in [2.75, 3.05) is 26.7 Å². The number of ether oxygens (including phenoxy) is 2. The monoisotopic (exact) mass is 643 g/mol. The summed E-state index contributed by atoms with van der Waals surface area (Å²) in [5.41, 5.74) is 4.70. The molecule has 2 heterocycles. The van der Waals surface area contributed by atoms with Gasteiger partial charge in [-0.25, -0.2) is 4.79 Å². The number of aromatic nitrogens is 1. The number of amides is 2. The fourth-order valence-electron chi connectivity index (χ4n) is 5.70. The van der Waals surface area contributed by atoms with Crippen LogP contribution in [0.5, 0.6) is 5.75 Å². The zero-order chi connectivity index (χ0) is 30.7. The fraction of sp³-hybridized carbons (Fsp3) is 0.314. The molecule has 0 spiro atoms. The van der Waals surface area contributed by atoms with Crippen LogP contribution < -0.4 is 4.74 Å². The summed E-state index contributed by atoms with van der Waals surface area (Å²) in [4.78, 5) is 31.4. The van der Waals surface area contributed by atoms with Crippen molar-refractivity contribution in [3.8, 4) is 22.7 Å². The van der Waals surface area contributed by atoms with E-state index in [4.69, 9.17) is 9.47 Å². The summed E-state index contributed by atoms with van der Waals surface area (Å²) in [6, 6.07) is 27.6. The molecule has 43 heavy (non-hydrogen) atoms. The van der Waals surface area contributed by atoms with E-state index in [1.165, 1.54) is 0 Å². The predicted octanol–water partition coefficient (Wildman–Crippen LogP) is 7.53. The summed E-state index contributed by atoms with van der Waals surface area (Å²) >= 11 is 3.61. The molecule has 0 aliphatic carbocycles. The van der Waals surface area contributed by atoms with E-state index in [9.17, 15) is 9.59 Å². The van der Waals surface area contributed by atoms with E-state index in [-0.39, 0.29) is 18.0 Å². The highest BCUT2D eigenvalue weighted by molar-refractivity contribution is 9.10. The Labute approximate surface area is 262 Å². The quantitative estimate of drug-likeness (QED) is 0.218. The first-order valence-electron chi connectivity index (χ1n) is 14.5. The first-order valence-corrected chi connectivity index (χ1v) is 15.3. The minimum Gasteiger partial charge on any atom is -0.496 e. The van der Waals surface area contributed by atoms with Crippen molar-refractivity contribution in [1.82, 2.24) is 14.4 Å². The Morgan fingerprint density at radius 1 is 0.930 bits per heavy atom. The highest BCUT2D eigenvalue weighted by Gasteiger charge is 2.37. The van der Waals surface area contributed by atoms with Gasteiger partial charge in [0.1, 0.15) is 11.4 Å². The normalized spacial score (nSPS) is 15.3. The molecule has 3 aromatic carbocycles. The largest absolute Gasteiger partial charge is 0.496 e. The smallest absolute Gasteiger partial charge is 0.410 e. The van der Waals surface area contributed by atoms with Crippen molar-refractivity contribution in [2.24, 2.45) is 0 Å². The number of aryl methyl sites for hydroxylation is 1. The second kappa shape index (κ2) is 12.7. The lowest BCUT2D eigenvalue weighted by Crippen LogP contribution is -2.58. The van der Waals surface area contributed by atoms with Crippen LogP contribution in [0.1, 0.15) is 42.4 Å². The minimum absolute atomic E-state index is 0.0700. The summed E-state index contributed by atoms with van der Waals surface area (Å²) in [6.45, 7) is 8.73. The summed E-state index contributed by atoms with van der Waals surface area (Å²) in [7, 11) is 1.65. The van der Waals surface area contributed by atoms with E-state index < -0.39 is 5.60 Å². The van der Waals surface area contributed by atoms with Crippen LogP contribution in [0.4, 0.5) is 4.79 Å². The van der Waals surface area contributed by atoms with Crippen molar-refractivity contribution in [3.63, 3.8) is 0 Å². The van der Waals surface area contributed by atoms with Crippen LogP contribution in [0.2, 0.25) is 0 Å². The van der Waals surface area contributed by atoms with Gasteiger partial charge in [0.25, 0.3) is 5.91 Å². The van der Waals surface area contributed by atoms with Crippen LogP contribution >= 0.6 is 15.9 Å². The van der Waals surface area contributed by atoms with Crippen molar-refractivity contribution in [3.05, 3.63) is 106 Å². The van der Waals surface area contributed by atoms with Gasteiger partial charge in [0.05, 0.1) is 24.4 Å². The Bertz CT molecular complexity index is 1610. The Hall–Kier alpha value is -4.04. The van der Waals surface area contributed by atoms with E-state index in [2.05, 4.69) is 26.6 Å². The molecule has 0 saturated carbocycles. The maximum absolute atomic E-state index is 14.7. The number of nitrogens with zero attached hydrogens (tertiary/aromatic N) is 3. The maximum Gasteiger partial charge on any atom is 0.410 e. The van der Waals surface area contributed by atoms with Gasteiger partial charge < -0.3 is 23.8 Å². The molecule has 0 radical (unpaired) electrons. The zero-order valence-electron chi connectivity index (χ0n) is 25.3. The van der Waals surface area contributed by atoms with Gasteiger partial charge in [-0.3, -0.25) is 4.79 Å². The molecular formula is C35H38BrN3O4. The van der Waals surface area contributed by atoms with Gasteiger partial charge in [0.15, 0.2) is 0 Å². The van der Waals surface area contributed by atoms with Crippen LogP contribution in [0, 0.1) is 6.92 Å². The molecule has 1 aliphatic rings. The number of piperazine rings is 1. The van der Waals surface area contributed by atoms with Crippen molar-refractivity contribution >= 4 is 27.9 Å². The van der Waals surface area contributed by atoms with E-state index in [1.807, 2.05) is 111 Å². The van der Waals surface area contributed by atoms with Crippen LogP contribution in [-0.2, 0) is 11.2 Å². The molecule has 0 N–H and O–H groups in total. The van der Waals surface area contributed by atoms with Gasteiger partial charge in [0, 0.05) is 35.5 Å². The highest BCUT2D eigenvalue weighted by Crippen LogP contribution is 2.34. The first-order chi connectivity index (χ1) is 20.6. The van der Waals surface area contributed by atoms with E-state index in [1.54, 1.807) is 12.0 Å². The van der Waals surface area contributed by atoms with E-state index in [0.29, 0.717) is 31.6 Å². The third-order valence-corrected chi connectivity index (χ3v) is 8.07. The Morgan fingerprint density at radius 2 is 1.65 bits per heavy atom. The van der Waals surface area contributed by atoms with Crippen LogP contribution in [0.25, 0.3) is 16.9 Å². The number of carbonyl (C=O) groups is 2. The number of benzene rings is 3. The Kier molecular flexibility index (Phi) is 8.97. The van der Waals surface area contributed by atoms with Crippen molar-refractivity contribution in [1.29, 1.82) is 0 Å². The molecule has 1 aliphatic heterocycles. The molecule has 5 rings (SSSR count). The molecular weight excluding hydrogens is 606 g/mol. The van der Waals surface area contributed by atoms with E-state index >= 15 is 0 Å². The summed E-state index contributed by atoms with van der Waals surface area (Å²) in [5, 5.41) is 0. The number of methoxy groups -OCH3 is 1. The van der Waals surface area contributed by atoms with E-state index in [0.717, 1.165) is 38.4 Å². The average Bonchev–Trinajstić information content (AvgIpc) is 3.33. The van der Waals surface area contributed by atoms with Crippen LogP contribution in [-0.4, -0.2) is 64.8 Å². The Balaban J connectivity index is 1.57. The molecule has 8 heteroatoms. The lowest BCUT2D eigenvalue weighted by Gasteiger charge is -2.42. The van der Waals surface area contributed by atoms with Crippen LogP contribution in [0.15, 0.2) is 89.4 Å². The topological polar surface area (TPSA) is 64.0 Å². The van der Waals surface area contributed by atoms with Crippen molar-refractivity contribution < 1.29 is 19.1 Å². The average molecular weight is 645 g/mol. The number of halogens is 1. The number of carbonyl (C=O) groups excluding carboxylic acids is 2. The molecule has 0 bridgehead atoms. The summed E-state index contributed by atoms with van der Waals surface area (Å²) < 4.78 is 14.5. The van der Waals surface area contributed by atoms with Crippen molar-refractivity contribution in [2.45, 2.75) is 45.8 Å². The second-order valence-electron chi connectivity index (χ2n) is 11.8. The number of hydrogen-bond donors (Lipinski definition) is 0. The standard InChI is InChI=1S/C35H38BrN3O4/c1-24-20-30(32(25-12-7-6-8-13-25)39(24)28-16-11-15-27(36)22-28)33(40)38-19-18-37(34(41)43-35(2,3)4)23-29(38)21-26-14-9-10-17-31(26)42-5/h6-17,20,22,29H,18-19,21,23H2,1-5H3. The molecule has 224 valence electrons. The number of para-hydroxylation sites is 1. The van der Waals surface area contributed by atoms with Crippen LogP contribution in [0.3, 0.4) is 0 Å². The van der Waals surface area contributed by atoms with Gasteiger partial charge in [-0.1, -0.05) is 70.5 Å². The molecule has 1 saturated heterocycles. The zero-order valence-corrected chi connectivity index (χ0v) is 26.9. The second-order valence-corrected chi connectivity index (χ2v) is 12.7. The molecule has 1 atom stereocenters. The third-order valence-electron chi connectivity index (χ3n) is 7.57. The van der Waals surface area contributed by atoms with Gasteiger partial charge in [-0.05, 0) is 75.6 Å². The molecule has 1 fully saturated rings. The van der Waals surface area contributed by atoms with Gasteiger partial charge in [0.2, 0.25) is 0 Å². The maximum atomic E-state index is 14.7. The molecule has 1 unspecified atom stereocenters. The first kappa shape index (κ1) is 30.4. The lowest BCUT2D eigenvalue weighted by molar-refractivity contribution is 0.00436. The lowest BCUT2D eigenvalue weighted by atomic mass is 9.99. The third kappa shape index (κ3) is 6.80. The fourth-order valence-corrected chi connectivity index (χ4v) is 6.09.